The van der Waals surface area contributed by atoms with Crippen molar-refractivity contribution in [2.75, 3.05) is 7.11 Å². The summed E-state index contributed by atoms with van der Waals surface area (Å²) in [6, 6.07) is 7.37. The molecule has 3 rings (SSSR count). The fraction of sp³-hybridized carbons (Fsp3) is 0.385. The molecule has 0 fully saturated rings. The zero-order valence-corrected chi connectivity index (χ0v) is 19.2. The molecule has 2 aliphatic rings. The van der Waals surface area contributed by atoms with E-state index >= 15 is 0 Å². The van der Waals surface area contributed by atoms with Crippen LogP contribution in [0.15, 0.2) is 71.7 Å². The quantitative estimate of drug-likeness (QED) is 0.453. The van der Waals surface area contributed by atoms with E-state index in [-0.39, 0.29) is 37.2 Å². The van der Waals surface area contributed by atoms with Gasteiger partial charge in [-0.2, -0.15) is 0 Å². The van der Waals surface area contributed by atoms with E-state index in [0.29, 0.717) is 5.76 Å². The number of fused-ring (bicyclic) bond motifs is 1. The van der Waals surface area contributed by atoms with Crippen LogP contribution < -0.4 is 4.74 Å². The second-order valence-corrected chi connectivity index (χ2v) is 8.29. The first-order valence-corrected chi connectivity index (χ1v) is 11.1. The van der Waals surface area contributed by atoms with Gasteiger partial charge < -0.3 is 29.5 Å². The van der Waals surface area contributed by atoms with Crippen LogP contribution in [0, 0.1) is 5.92 Å². The van der Waals surface area contributed by atoms with Crippen molar-refractivity contribution in [3.8, 4) is 5.75 Å². The Hall–Kier alpha value is -3.36. The van der Waals surface area contributed by atoms with Gasteiger partial charge in [-0.05, 0) is 37.1 Å². The van der Waals surface area contributed by atoms with Crippen molar-refractivity contribution in [3.63, 3.8) is 0 Å². The molecule has 0 spiro atoms. The molecule has 1 aromatic rings. The van der Waals surface area contributed by atoms with E-state index in [4.69, 9.17) is 14.2 Å². The minimum absolute atomic E-state index is 0.0114. The number of aliphatic hydroxyl groups excluding tert-OH is 3. The zero-order chi connectivity index (χ0) is 24.7. The molecule has 0 saturated carbocycles. The van der Waals surface area contributed by atoms with Gasteiger partial charge in [-0.3, -0.25) is 4.79 Å². The van der Waals surface area contributed by atoms with Gasteiger partial charge in [0.05, 0.1) is 18.8 Å². The Balaban J connectivity index is 1.81. The minimum atomic E-state index is -1.56. The summed E-state index contributed by atoms with van der Waals surface area (Å²) in [5.41, 5.74) is 0.993. The van der Waals surface area contributed by atoms with Crippen molar-refractivity contribution >= 4 is 11.8 Å². The topological polar surface area (TPSA) is 123 Å². The van der Waals surface area contributed by atoms with Crippen molar-refractivity contribution in [2.24, 2.45) is 5.92 Å². The lowest BCUT2D eigenvalue weighted by Gasteiger charge is -2.25. The van der Waals surface area contributed by atoms with Crippen LogP contribution in [0.3, 0.4) is 0 Å². The van der Waals surface area contributed by atoms with E-state index in [2.05, 4.69) is 0 Å². The molecule has 1 aromatic carbocycles. The highest BCUT2D eigenvalue weighted by Crippen LogP contribution is 2.32. The summed E-state index contributed by atoms with van der Waals surface area (Å²) < 4.78 is 16.5. The van der Waals surface area contributed by atoms with Crippen molar-refractivity contribution in [1.82, 2.24) is 0 Å². The molecule has 8 heteroatoms. The molecule has 3 N–H and O–H groups in total. The third-order valence-corrected chi connectivity index (χ3v) is 5.63. The predicted molar refractivity (Wildman–Crippen MR) is 124 cm³/mol. The number of benzene rings is 1. The van der Waals surface area contributed by atoms with E-state index in [1.165, 1.54) is 18.2 Å². The van der Waals surface area contributed by atoms with Gasteiger partial charge in [0, 0.05) is 24.8 Å². The Morgan fingerprint density at radius 1 is 1.09 bits per heavy atom. The van der Waals surface area contributed by atoms with E-state index in [0.717, 1.165) is 11.3 Å². The molecule has 34 heavy (non-hydrogen) atoms. The van der Waals surface area contributed by atoms with Crippen LogP contribution in [0.1, 0.15) is 31.7 Å². The lowest BCUT2D eigenvalue weighted by molar-refractivity contribution is -0.144. The van der Waals surface area contributed by atoms with Crippen LogP contribution in [0.5, 0.6) is 5.75 Å². The maximum Gasteiger partial charge on any atom is 0.338 e. The highest BCUT2D eigenvalue weighted by atomic mass is 16.5. The maximum absolute atomic E-state index is 12.8. The van der Waals surface area contributed by atoms with Gasteiger partial charge >= 0.3 is 5.97 Å². The molecule has 182 valence electrons. The zero-order valence-electron chi connectivity index (χ0n) is 19.2. The van der Waals surface area contributed by atoms with Gasteiger partial charge in [-0.1, -0.05) is 30.4 Å². The lowest BCUT2D eigenvalue weighted by atomic mass is 9.88. The van der Waals surface area contributed by atoms with Gasteiger partial charge in [0.2, 0.25) is 0 Å². The van der Waals surface area contributed by atoms with E-state index in [9.17, 15) is 24.9 Å². The highest BCUT2D eigenvalue weighted by Gasteiger charge is 2.31. The predicted octanol–water partition coefficient (Wildman–Crippen LogP) is 3.06. The smallest absolute Gasteiger partial charge is 0.338 e. The van der Waals surface area contributed by atoms with Gasteiger partial charge in [0.25, 0.3) is 0 Å². The third kappa shape index (κ3) is 6.59. The Labute approximate surface area is 198 Å². The highest BCUT2D eigenvalue weighted by molar-refractivity contribution is 5.94. The monoisotopic (exact) mass is 470 g/mol. The lowest BCUT2D eigenvalue weighted by Crippen LogP contribution is -2.32. The minimum Gasteiger partial charge on any atom is -0.507 e. The first-order chi connectivity index (χ1) is 16.3. The van der Waals surface area contributed by atoms with E-state index < -0.39 is 36.0 Å². The van der Waals surface area contributed by atoms with Crippen LogP contribution in [-0.2, 0) is 25.7 Å². The van der Waals surface area contributed by atoms with Crippen LogP contribution in [-0.4, -0.2) is 52.5 Å². The number of carbonyl (C=O) groups excluding carboxylic acids is 2. The number of rotatable bonds is 4. The number of ketones is 1. The molecule has 4 atom stereocenters. The molecule has 0 radical (unpaired) electrons. The first-order valence-electron chi connectivity index (χ1n) is 11.1. The number of aliphatic hydroxyl groups is 3. The largest absolute Gasteiger partial charge is 0.507 e. The second-order valence-electron chi connectivity index (χ2n) is 8.29. The summed E-state index contributed by atoms with van der Waals surface area (Å²) in [4.78, 5) is 24.8. The molecule has 8 nitrogen and oxygen atoms in total. The average Bonchev–Trinajstić information content (AvgIpc) is 2.81. The standard InChI is InChI=1S/C26H30O8/c1-16-5-3-7-21(27)25(30)22(28)8-4-6-18-13-20(14-23(29)24(18)26(31)34-16)33-15-17-9-11-19(32-2)12-10-17/h3-4,6-7,9-12,14,16,18,22,25,28-30H,5,8,13,15H2,1-2H3/b6-4+,7-3-/t16-,18-,22-,25+/m0/s1. The average molecular weight is 471 g/mol. The second kappa shape index (κ2) is 11.7. The molecule has 0 aromatic heterocycles. The number of hydrogen-bond donors (Lipinski definition) is 3. The summed E-state index contributed by atoms with van der Waals surface area (Å²) in [6.07, 6.45) is 4.36. The van der Waals surface area contributed by atoms with Crippen LogP contribution >= 0.6 is 0 Å². The summed E-state index contributed by atoms with van der Waals surface area (Å²) in [5.74, 6) is -0.900. The molecule has 0 bridgehead atoms. The maximum atomic E-state index is 12.8. The van der Waals surface area contributed by atoms with Crippen LogP contribution in [0.2, 0.25) is 0 Å². The SMILES string of the molecule is COc1ccc(COC2=CC(O)=C3C(=O)O[C@@H](C)C/C=C\C(=O)[C@@H](O)[C@@H](O)C/C=C/[C@H]3C2)cc1. The molecule has 0 amide bonds. The van der Waals surface area contributed by atoms with Crippen molar-refractivity contribution in [2.45, 2.75) is 51.1 Å². The Morgan fingerprint density at radius 3 is 2.53 bits per heavy atom. The molecule has 1 aliphatic heterocycles. The van der Waals surface area contributed by atoms with Crippen molar-refractivity contribution in [1.29, 1.82) is 0 Å². The number of esters is 1. The fourth-order valence-electron chi connectivity index (χ4n) is 3.69. The normalized spacial score (nSPS) is 28.2. The Kier molecular flexibility index (Phi) is 8.67. The summed E-state index contributed by atoms with van der Waals surface area (Å²) >= 11 is 0. The summed E-state index contributed by atoms with van der Waals surface area (Å²) in [7, 11) is 1.59. The van der Waals surface area contributed by atoms with Gasteiger partial charge in [-0.15, -0.1) is 0 Å². The van der Waals surface area contributed by atoms with Crippen molar-refractivity contribution in [3.05, 3.63) is 77.3 Å². The number of ether oxygens (including phenoxy) is 3. The first kappa shape index (κ1) is 25.3. The molecule has 1 heterocycles. The summed E-state index contributed by atoms with van der Waals surface area (Å²) in [6.45, 7) is 1.92. The van der Waals surface area contributed by atoms with Crippen molar-refractivity contribution < 1.29 is 39.1 Å². The molecular weight excluding hydrogens is 440 g/mol. The molecule has 1 aliphatic carbocycles. The van der Waals surface area contributed by atoms with E-state index in [1.54, 1.807) is 26.2 Å². The molecular formula is C26H30O8. The van der Waals surface area contributed by atoms with Gasteiger partial charge in [-0.25, -0.2) is 4.79 Å². The number of carbonyl (C=O) groups is 2. The number of cyclic esters (lactones) is 1. The molecule has 0 saturated heterocycles. The number of allylic oxidation sites excluding steroid dienone is 3. The molecule has 0 unspecified atom stereocenters. The Bertz CT molecular complexity index is 1000. The number of hydrogen-bond acceptors (Lipinski definition) is 8. The third-order valence-electron chi connectivity index (χ3n) is 5.63. The van der Waals surface area contributed by atoms with Gasteiger partial charge in [0.1, 0.15) is 36.1 Å². The van der Waals surface area contributed by atoms with Gasteiger partial charge in [0.15, 0.2) is 5.78 Å². The van der Waals surface area contributed by atoms with Crippen LogP contribution in [0.25, 0.3) is 0 Å². The fourth-order valence-corrected chi connectivity index (χ4v) is 3.69. The van der Waals surface area contributed by atoms with Crippen LogP contribution in [0.4, 0.5) is 0 Å². The van der Waals surface area contributed by atoms with E-state index in [1.807, 2.05) is 24.3 Å². The summed E-state index contributed by atoms with van der Waals surface area (Å²) in [5, 5.41) is 30.8. The Morgan fingerprint density at radius 2 is 1.82 bits per heavy atom. The number of methoxy groups -OCH3 is 1.